The molecule has 1 aliphatic rings. The molecule has 0 amide bonds. The first-order valence-corrected chi connectivity index (χ1v) is 10.4. The van der Waals surface area contributed by atoms with Crippen LogP contribution in [-0.2, 0) is 24.2 Å². The monoisotopic (exact) mass is 400 g/mol. The topological polar surface area (TPSA) is 85.6 Å². The van der Waals surface area contributed by atoms with Crippen molar-refractivity contribution in [3.05, 3.63) is 42.0 Å². The van der Waals surface area contributed by atoms with E-state index in [2.05, 4.69) is 38.4 Å². The standard InChI is InChI=1S/C21H32N6O2/c1-3-20-26-25-16-27(20)11-10-22-21(24-15-19-8-4-5-12-29-19)23-14-17-7-6-9-18(13-17)28-2/h6-7,9,13,16,19H,3-5,8,10-12,14-15H2,1-2H3,(H2,22,23,24). The molecular weight excluding hydrogens is 368 g/mol. The van der Waals surface area contributed by atoms with Crippen LogP contribution in [0.2, 0.25) is 0 Å². The predicted molar refractivity (Wildman–Crippen MR) is 113 cm³/mol. The summed E-state index contributed by atoms with van der Waals surface area (Å²) in [6.07, 6.45) is 6.37. The van der Waals surface area contributed by atoms with Crippen molar-refractivity contribution in [3.63, 3.8) is 0 Å². The number of guanidine groups is 1. The number of rotatable bonds is 9. The molecule has 0 bridgehead atoms. The van der Waals surface area contributed by atoms with E-state index in [9.17, 15) is 0 Å². The van der Waals surface area contributed by atoms with Gasteiger partial charge in [0.15, 0.2) is 5.96 Å². The van der Waals surface area contributed by atoms with E-state index in [4.69, 9.17) is 14.5 Å². The molecule has 1 aromatic carbocycles. The van der Waals surface area contributed by atoms with Crippen LogP contribution in [0.4, 0.5) is 0 Å². The molecule has 0 saturated carbocycles. The van der Waals surface area contributed by atoms with Gasteiger partial charge < -0.3 is 24.7 Å². The maximum Gasteiger partial charge on any atom is 0.191 e. The third-order valence-electron chi connectivity index (χ3n) is 4.98. The minimum atomic E-state index is 0.247. The molecule has 158 valence electrons. The maximum absolute atomic E-state index is 5.83. The SMILES string of the molecule is CCc1nncn1CCNC(=NCc1cccc(OC)c1)NCC1CCCCO1. The van der Waals surface area contributed by atoms with Crippen LogP contribution in [0.25, 0.3) is 0 Å². The summed E-state index contributed by atoms with van der Waals surface area (Å²) >= 11 is 0. The minimum absolute atomic E-state index is 0.247. The van der Waals surface area contributed by atoms with E-state index < -0.39 is 0 Å². The second-order valence-electron chi connectivity index (χ2n) is 7.11. The molecule has 8 nitrogen and oxygen atoms in total. The van der Waals surface area contributed by atoms with Gasteiger partial charge in [0.25, 0.3) is 0 Å². The highest BCUT2D eigenvalue weighted by atomic mass is 16.5. The summed E-state index contributed by atoms with van der Waals surface area (Å²) in [6.45, 7) is 5.79. The maximum atomic E-state index is 5.83. The highest BCUT2D eigenvalue weighted by Crippen LogP contribution is 2.13. The number of nitrogens with zero attached hydrogens (tertiary/aromatic N) is 4. The van der Waals surface area contributed by atoms with Crippen LogP contribution in [0.3, 0.4) is 0 Å². The van der Waals surface area contributed by atoms with E-state index in [0.717, 1.165) is 68.6 Å². The molecule has 2 heterocycles. The third kappa shape index (κ3) is 6.74. The first kappa shape index (κ1) is 21.1. The van der Waals surface area contributed by atoms with Gasteiger partial charge in [-0.25, -0.2) is 4.99 Å². The van der Waals surface area contributed by atoms with Crippen molar-refractivity contribution in [1.82, 2.24) is 25.4 Å². The smallest absolute Gasteiger partial charge is 0.191 e. The van der Waals surface area contributed by atoms with E-state index >= 15 is 0 Å². The normalized spacial score (nSPS) is 17.2. The predicted octanol–water partition coefficient (Wildman–Crippen LogP) is 2.15. The summed E-state index contributed by atoms with van der Waals surface area (Å²) in [4.78, 5) is 4.76. The van der Waals surface area contributed by atoms with Gasteiger partial charge in [0, 0.05) is 32.7 Å². The molecule has 0 spiro atoms. The van der Waals surface area contributed by atoms with Gasteiger partial charge >= 0.3 is 0 Å². The number of hydrogen-bond donors (Lipinski definition) is 2. The Balaban J connectivity index is 1.58. The number of nitrogens with one attached hydrogen (secondary N) is 2. The number of aryl methyl sites for hydroxylation is 1. The Labute approximate surface area is 172 Å². The van der Waals surface area contributed by atoms with Crippen LogP contribution in [0.15, 0.2) is 35.6 Å². The number of hydrogen-bond acceptors (Lipinski definition) is 5. The number of methoxy groups -OCH3 is 1. The molecule has 1 atom stereocenters. The summed E-state index contributed by atoms with van der Waals surface area (Å²) < 4.78 is 13.2. The molecule has 1 saturated heterocycles. The number of aromatic nitrogens is 3. The van der Waals surface area contributed by atoms with Gasteiger partial charge in [-0.1, -0.05) is 19.1 Å². The van der Waals surface area contributed by atoms with Crippen LogP contribution >= 0.6 is 0 Å². The Morgan fingerprint density at radius 2 is 2.28 bits per heavy atom. The van der Waals surface area contributed by atoms with Gasteiger partial charge in [0.2, 0.25) is 0 Å². The van der Waals surface area contributed by atoms with Crippen molar-refractivity contribution >= 4 is 5.96 Å². The van der Waals surface area contributed by atoms with Crippen molar-refractivity contribution in [2.75, 3.05) is 26.8 Å². The van der Waals surface area contributed by atoms with Crippen LogP contribution in [0.1, 0.15) is 37.6 Å². The average Bonchev–Trinajstić information content (AvgIpc) is 3.23. The number of benzene rings is 1. The minimum Gasteiger partial charge on any atom is -0.497 e. The van der Waals surface area contributed by atoms with E-state index in [-0.39, 0.29) is 6.10 Å². The fourth-order valence-corrected chi connectivity index (χ4v) is 3.33. The zero-order valence-corrected chi connectivity index (χ0v) is 17.4. The van der Waals surface area contributed by atoms with Gasteiger partial charge in [0.1, 0.15) is 17.9 Å². The van der Waals surface area contributed by atoms with E-state index in [1.807, 2.05) is 18.2 Å². The second-order valence-corrected chi connectivity index (χ2v) is 7.11. The summed E-state index contributed by atoms with van der Waals surface area (Å²) in [7, 11) is 1.68. The lowest BCUT2D eigenvalue weighted by Gasteiger charge is -2.24. The van der Waals surface area contributed by atoms with Crippen LogP contribution in [-0.4, -0.2) is 53.6 Å². The molecule has 0 radical (unpaired) electrons. The average molecular weight is 401 g/mol. The Morgan fingerprint density at radius 3 is 3.07 bits per heavy atom. The van der Waals surface area contributed by atoms with Crippen molar-refractivity contribution in [2.24, 2.45) is 4.99 Å². The fourth-order valence-electron chi connectivity index (χ4n) is 3.33. The molecular formula is C21H32N6O2. The van der Waals surface area contributed by atoms with Crippen molar-refractivity contribution < 1.29 is 9.47 Å². The lowest BCUT2D eigenvalue weighted by Crippen LogP contribution is -2.43. The summed E-state index contributed by atoms with van der Waals surface area (Å²) in [5.74, 6) is 2.62. The van der Waals surface area contributed by atoms with Gasteiger partial charge in [0.05, 0.1) is 19.8 Å². The van der Waals surface area contributed by atoms with E-state index in [0.29, 0.717) is 6.54 Å². The van der Waals surface area contributed by atoms with Crippen LogP contribution < -0.4 is 15.4 Å². The highest BCUT2D eigenvalue weighted by molar-refractivity contribution is 5.79. The zero-order chi connectivity index (χ0) is 20.3. The number of ether oxygens (including phenoxy) is 2. The molecule has 3 rings (SSSR count). The number of aliphatic imine (C=N–C) groups is 1. The fraction of sp³-hybridized carbons (Fsp3) is 0.571. The molecule has 29 heavy (non-hydrogen) atoms. The molecule has 1 aliphatic heterocycles. The highest BCUT2D eigenvalue weighted by Gasteiger charge is 2.14. The Kier molecular flexibility index (Phi) is 8.30. The van der Waals surface area contributed by atoms with Crippen molar-refractivity contribution in [2.45, 2.75) is 51.8 Å². The van der Waals surface area contributed by atoms with Crippen LogP contribution in [0.5, 0.6) is 5.75 Å². The van der Waals surface area contributed by atoms with Gasteiger partial charge in [-0.15, -0.1) is 10.2 Å². The van der Waals surface area contributed by atoms with Crippen molar-refractivity contribution in [1.29, 1.82) is 0 Å². The summed E-state index contributed by atoms with van der Waals surface area (Å²) in [5.41, 5.74) is 1.10. The molecule has 1 aromatic heterocycles. The molecule has 1 fully saturated rings. The quantitative estimate of drug-likeness (QED) is 0.496. The molecule has 0 aliphatic carbocycles. The van der Waals surface area contributed by atoms with Gasteiger partial charge in [-0.3, -0.25) is 0 Å². The Morgan fingerprint density at radius 1 is 1.34 bits per heavy atom. The van der Waals surface area contributed by atoms with E-state index in [1.54, 1.807) is 13.4 Å². The molecule has 8 heteroatoms. The molecule has 2 N–H and O–H groups in total. The summed E-state index contributed by atoms with van der Waals surface area (Å²) in [5, 5.41) is 15.0. The zero-order valence-electron chi connectivity index (χ0n) is 17.4. The van der Waals surface area contributed by atoms with Crippen molar-refractivity contribution in [3.8, 4) is 5.75 Å². The Bertz CT molecular complexity index is 770. The van der Waals surface area contributed by atoms with Gasteiger partial charge in [-0.05, 0) is 37.0 Å². The largest absolute Gasteiger partial charge is 0.497 e. The molecule has 2 aromatic rings. The first-order valence-electron chi connectivity index (χ1n) is 10.4. The lowest BCUT2D eigenvalue weighted by molar-refractivity contribution is 0.0194. The second kappa shape index (κ2) is 11.4. The van der Waals surface area contributed by atoms with E-state index in [1.165, 1.54) is 6.42 Å². The van der Waals surface area contributed by atoms with Gasteiger partial charge in [-0.2, -0.15) is 0 Å². The summed E-state index contributed by atoms with van der Waals surface area (Å²) in [6, 6.07) is 7.99. The lowest BCUT2D eigenvalue weighted by atomic mass is 10.1. The molecule has 1 unspecified atom stereocenters. The Hall–Kier alpha value is -2.61. The van der Waals surface area contributed by atoms with Crippen LogP contribution in [0, 0.1) is 0 Å². The third-order valence-corrected chi connectivity index (χ3v) is 4.98. The first-order chi connectivity index (χ1) is 14.3.